The first-order valence-corrected chi connectivity index (χ1v) is 9.00. The van der Waals surface area contributed by atoms with Crippen molar-refractivity contribution in [1.29, 1.82) is 0 Å². The van der Waals surface area contributed by atoms with Crippen molar-refractivity contribution in [1.82, 2.24) is 0 Å². The van der Waals surface area contributed by atoms with Crippen LogP contribution in [0.5, 0.6) is 0 Å². The molecule has 25 heavy (non-hydrogen) atoms. The molecule has 0 saturated carbocycles. The van der Waals surface area contributed by atoms with E-state index in [1.807, 2.05) is 6.07 Å². The predicted octanol–water partition coefficient (Wildman–Crippen LogP) is 1.80. The van der Waals surface area contributed by atoms with E-state index in [0.29, 0.717) is 23.5 Å². The van der Waals surface area contributed by atoms with E-state index in [-0.39, 0.29) is 10.8 Å². The summed E-state index contributed by atoms with van der Waals surface area (Å²) < 4.78 is 28.2. The van der Waals surface area contributed by atoms with Crippen LogP contribution in [0.2, 0.25) is 0 Å². The van der Waals surface area contributed by atoms with Crippen molar-refractivity contribution in [3.63, 3.8) is 0 Å². The first kappa shape index (κ1) is 18.9. The number of carbonyl (C=O) groups excluding carboxylic acids is 1. The van der Waals surface area contributed by atoms with Gasteiger partial charge < -0.3 is 15.0 Å². The Morgan fingerprint density at radius 2 is 1.92 bits per heavy atom. The normalized spacial score (nSPS) is 11.2. The van der Waals surface area contributed by atoms with Crippen LogP contribution in [-0.4, -0.2) is 35.5 Å². The molecule has 134 valence electrons. The van der Waals surface area contributed by atoms with E-state index in [1.54, 1.807) is 50.4 Å². The summed E-state index contributed by atoms with van der Waals surface area (Å²) in [7, 11) is 1.29. The Morgan fingerprint density at radius 1 is 1.20 bits per heavy atom. The maximum absolute atomic E-state index is 12.6. The number of sulfonamides is 1. The highest BCUT2D eigenvalue weighted by molar-refractivity contribution is 7.89. The van der Waals surface area contributed by atoms with Gasteiger partial charge in [0.05, 0.1) is 22.9 Å². The van der Waals surface area contributed by atoms with Gasteiger partial charge >= 0.3 is 0 Å². The van der Waals surface area contributed by atoms with Crippen LogP contribution in [-0.2, 0) is 21.4 Å². The minimum Gasteiger partial charge on any atom is -0.380 e. The number of rotatable bonds is 6. The summed E-state index contributed by atoms with van der Waals surface area (Å²) in [6, 6.07) is 11.4. The van der Waals surface area contributed by atoms with Crippen molar-refractivity contribution in [2.45, 2.75) is 11.5 Å². The smallest absolute Gasteiger partial charge is 0.255 e. The molecule has 0 aliphatic carbocycles. The molecule has 0 heterocycles. The van der Waals surface area contributed by atoms with Gasteiger partial charge in [0.1, 0.15) is 0 Å². The van der Waals surface area contributed by atoms with Gasteiger partial charge in [-0.2, -0.15) is 0 Å². The lowest BCUT2D eigenvalue weighted by Gasteiger charge is -2.19. The van der Waals surface area contributed by atoms with Gasteiger partial charge in [-0.3, -0.25) is 4.79 Å². The molecule has 2 aromatic carbocycles. The average Bonchev–Trinajstić information content (AvgIpc) is 2.54. The van der Waals surface area contributed by atoms with E-state index < -0.39 is 10.0 Å². The molecule has 0 aliphatic heterocycles. The van der Waals surface area contributed by atoms with Crippen LogP contribution in [0.25, 0.3) is 0 Å². The molecule has 0 atom stereocenters. The molecule has 1 amide bonds. The molecule has 0 spiro atoms. The number of anilines is 2. The van der Waals surface area contributed by atoms with Crippen LogP contribution < -0.4 is 15.4 Å². The molecular formula is C17H21N3O4S. The number of hydrogen-bond donors (Lipinski definition) is 2. The zero-order valence-corrected chi connectivity index (χ0v) is 15.1. The number of nitrogens with zero attached hydrogens (tertiary/aromatic N) is 1. The molecule has 0 unspecified atom stereocenters. The van der Waals surface area contributed by atoms with Crippen LogP contribution in [0.1, 0.15) is 15.9 Å². The number of methoxy groups -OCH3 is 1. The zero-order chi connectivity index (χ0) is 18.6. The Hall–Kier alpha value is -2.42. The standard InChI is InChI=1S/C17H21N3O4S/c1-20(2)16-8-7-14(25(18,22)23)10-15(16)19-17(21)13-6-4-5-12(9-13)11-24-3/h4-10H,11H2,1-3H3,(H,19,21)(H2,18,22,23). The second-order valence-corrected chi connectivity index (χ2v) is 7.27. The minimum absolute atomic E-state index is 0.0680. The molecule has 0 bridgehead atoms. The quantitative estimate of drug-likeness (QED) is 0.815. The molecule has 0 aliphatic rings. The van der Waals surface area contributed by atoms with Crippen LogP contribution in [0, 0.1) is 0 Å². The number of benzene rings is 2. The molecule has 3 N–H and O–H groups in total. The van der Waals surface area contributed by atoms with E-state index in [2.05, 4.69) is 5.32 Å². The number of amides is 1. The molecule has 0 saturated heterocycles. The number of nitrogens with two attached hydrogens (primary N) is 1. The van der Waals surface area contributed by atoms with E-state index in [0.717, 1.165) is 5.56 Å². The van der Waals surface area contributed by atoms with Crippen LogP contribution in [0.3, 0.4) is 0 Å². The summed E-state index contributed by atoms with van der Waals surface area (Å²) >= 11 is 0. The number of carbonyl (C=O) groups is 1. The lowest BCUT2D eigenvalue weighted by molar-refractivity contribution is 0.102. The summed E-state index contributed by atoms with van der Waals surface area (Å²) in [5, 5.41) is 7.93. The van der Waals surface area contributed by atoms with Crippen molar-refractivity contribution in [2.24, 2.45) is 5.14 Å². The van der Waals surface area contributed by atoms with Crippen molar-refractivity contribution >= 4 is 27.3 Å². The van der Waals surface area contributed by atoms with Gasteiger partial charge in [-0.05, 0) is 35.9 Å². The highest BCUT2D eigenvalue weighted by Crippen LogP contribution is 2.27. The Bertz CT molecular complexity index is 879. The topological polar surface area (TPSA) is 102 Å². The molecular weight excluding hydrogens is 342 g/mol. The number of primary sulfonamides is 1. The molecule has 8 heteroatoms. The first-order valence-electron chi connectivity index (χ1n) is 7.46. The lowest BCUT2D eigenvalue weighted by atomic mass is 10.1. The summed E-state index contributed by atoms with van der Waals surface area (Å²) in [5.74, 6) is -0.354. The monoisotopic (exact) mass is 363 g/mol. The third-order valence-corrected chi connectivity index (χ3v) is 4.44. The van der Waals surface area contributed by atoms with Crippen molar-refractivity contribution in [3.05, 3.63) is 53.6 Å². The predicted molar refractivity (Wildman–Crippen MR) is 97.3 cm³/mol. The van der Waals surface area contributed by atoms with Gasteiger partial charge in [-0.15, -0.1) is 0 Å². The molecule has 7 nitrogen and oxygen atoms in total. The fourth-order valence-electron chi connectivity index (χ4n) is 2.35. The average molecular weight is 363 g/mol. The SMILES string of the molecule is COCc1cccc(C(=O)Nc2cc(S(N)(=O)=O)ccc2N(C)C)c1. The molecule has 0 fully saturated rings. The Balaban J connectivity index is 2.37. The number of nitrogens with one attached hydrogen (secondary N) is 1. The highest BCUT2D eigenvalue weighted by Gasteiger charge is 2.15. The Kier molecular flexibility index (Phi) is 5.78. The van der Waals surface area contributed by atoms with Gasteiger partial charge in [0, 0.05) is 26.8 Å². The second kappa shape index (κ2) is 7.64. The second-order valence-electron chi connectivity index (χ2n) is 5.71. The highest BCUT2D eigenvalue weighted by atomic mass is 32.2. The largest absolute Gasteiger partial charge is 0.380 e. The Labute approximate surface area is 147 Å². The van der Waals surface area contributed by atoms with Gasteiger partial charge in [-0.25, -0.2) is 13.6 Å². The lowest BCUT2D eigenvalue weighted by Crippen LogP contribution is -2.19. The van der Waals surface area contributed by atoms with E-state index in [4.69, 9.17) is 9.88 Å². The first-order chi connectivity index (χ1) is 11.7. The summed E-state index contributed by atoms with van der Waals surface area (Å²) in [6.07, 6.45) is 0. The van der Waals surface area contributed by atoms with Gasteiger partial charge in [0.15, 0.2) is 0 Å². The van der Waals surface area contributed by atoms with Crippen molar-refractivity contribution in [3.8, 4) is 0 Å². The van der Waals surface area contributed by atoms with E-state index >= 15 is 0 Å². The summed E-state index contributed by atoms with van der Waals surface area (Å²) in [5.41, 5.74) is 2.33. The number of ether oxygens (including phenoxy) is 1. The van der Waals surface area contributed by atoms with E-state index in [9.17, 15) is 13.2 Å². The maximum Gasteiger partial charge on any atom is 0.255 e. The van der Waals surface area contributed by atoms with Crippen LogP contribution in [0.4, 0.5) is 11.4 Å². The fourth-order valence-corrected chi connectivity index (χ4v) is 2.89. The third-order valence-electron chi connectivity index (χ3n) is 3.53. The zero-order valence-electron chi connectivity index (χ0n) is 14.3. The number of hydrogen-bond acceptors (Lipinski definition) is 5. The molecule has 2 aromatic rings. The molecule has 2 rings (SSSR count). The van der Waals surface area contributed by atoms with Crippen LogP contribution in [0.15, 0.2) is 47.4 Å². The fraction of sp³-hybridized carbons (Fsp3) is 0.235. The summed E-state index contributed by atoms with van der Waals surface area (Å²) in [4.78, 5) is 14.3. The van der Waals surface area contributed by atoms with Gasteiger partial charge in [-0.1, -0.05) is 12.1 Å². The molecule has 0 radical (unpaired) electrons. The van der Waals surface area contributed by atoms with Crippen molar-refractivity contribution < 1.29 is 17.9 Å². The maximum atomic E-state index is 12.6. The van der Waals surface area contributed by atoms with Gasteiger partial charge in [0.25, 0.3) is 5.91 Å². The summed E-state index contributed by atoms with van der Waals surface area (Å²) in [6.45, 7) is 0.394. The van der Waals surface area contributed by atoms with Crippen LogP contribution >= 0.6 is 0 Å². The Morgan fingerprint density at radius 3 is 2.52 bits per heavy atom. The van der Waals surface area contributed by atoms with E-state index in [1.165, 1.54) is 12.1 Å². The van der Waals surface area contributed by atoms with Crippen molar-refractivity contribution in [2.75, 3.05) is 31.4 Å². The molecule has 0 aromatic heterocycles. The minimum atomic E-state index is -3.87. The third kappa shape index (κ3) is 4.79. The van der Waals surface area contributed by atoms with Gasteiger partial charge in [0.2, 0.25) is 10.0 Å².